The average molecular weight is 382 g/mol. The lowest BCUT2D eigenvalue weighted by molar-refractivity contribution is -0.141. The molecule has 28 heavy (non-hydrogen) atoms. The molecule has 8 heteroatoms. The first-order valence-corrected chi connectivity index (χ1v) is 8.60. The number of methoxy groups -OCH3 is 1. The van der Waals surface area contributed by atoms with Crippen molar-refractivity contribution < 1.29 is 18.7 Å². The van der Waals surface area contributed by atoms with E-state index in [9.17, 15) is 14.0 Å². The molecule has 1 unspecified atom stereocenters. The number of benzene rings is 2. The Hall–Kier alpha value is -3.55. The first-order valence-electron chi connectivity index (χ1n) is 8.60. The van der Waals surface area contributed by atoms with Crippen LogP contribution < -0.4 is 5.32 Å². The molecule has 0 fully saturated rings. The van der Waals surface area contributed by atoms with Crippen LogP contribution in [0.5, 0.6) is 0 Å². The van der Waals surface area contributed by atoms with Gasteiger partial charge >= 0.3 is 5.97 Å². The lowest BCUT2D eigenvalue weighted by Gasteiger charge is -2.17. The predicted octanol–water partition coefficient (Wildman–Crippen LogP) is 2.75. The molecule has 2 aromatic carbocycles. The van der Waals surface area contributed by atoms with Crippen molar-refractivity contribution in [2.75, 3.05) is 7.11 Å². The molecule has 0 aliphatic heterocycles. The summed E-state index contributed by atoms with van der Waals surface area (Å²) in [7, 11) is 1.29. The Morgan fingerprint density at radius 3 is 2.46 bits per heavy atom. The maximum Gasteiger partial charge on any atom is 0.307 e. The lowest BCUT2D eigenvalue weighted by Crippen LogP contribution is -2.31. The summed E-state index contributed by atoms with van der Waals surface area (Å²) in [5, 5.41) is 6.99. The Morgan fingerprint density at radius 1 is 1.14 bits per heavy atom. The van der Waals surface area contributed by atoms with Gasteiger partial charge in [-0.25, -0.2) is 14.1 Å². The molecule has 1 aromatic heterocycles. The fraction of sp³-hybridized carbons (Fsp3) is 0.200. The van der Waals surface area contributed by atoms with E-state index < -0.39 is 17.9 Å². The third-order valence-electron chi connectivity index (χ3n) is 4.15. The second-order valence-electron chi connectivity index (χ2n) is 6.09. The predicted molar refractivity (Wildman–Crippen MR) is 99.3 cm³/mol. The smallest absolute Gasteiger partial charge is 0.307 e. The second kappa shape index (κ2) is 8.43. The quantitative estimate of drug-likeness (QED) is 0.663. The number of aromatic nitrogens is 3. The summed E-state index contributed by atoms with van der Waals surface area (Å²) in [5.74, 6) is -0.918. The third kappa shape index (κ3) is 4.40. The van der Waals surface area contributed by atoms with Gasteiger partial charge in [-0.2, -0.15) is 0 Å². The van der Waals surface area contributed by atoms with Crippen LogP contribution in [0.1, 0.15) is 34.5 Å². The van der Waals surface area contributed by atoms with E-state index in [1.54, 1.807) is 19.1 Å². The van der Waals surface area contributed by atoms with Crippen LogP contribution in [0.3, 0.4) is 0 Å². The molecule has 0 radical (unpaired) electrons. The first kappa shape index (κ1) is 19.2. The molecule has 1 heterocycles. The Kier molecular flexibility index (Phi) is 5.78. The number of esters is 1. The fourth-order valence-corrected chi connectivity index (χ4v) is 2.72. The maximum atomic E-state index is 13.1. The summed E-state index contributed by atoms with van der Waals surface area (Å²) in [6.45, 7) is 1.69. The van der Waals surface area contributed by atoms with Gasteiger partial charge in [0.2, 0.25) is 5.82 Å². The van der Waals surface area contributed by atoms with E-state index >= 15 is 0 Å². The van der Waals surface area contributed by atoms with Crippen LogP contribution in [0, 0.1) is 12.7 Å². The number of ether oxygens (including phenoxy) is 1. The summed E-state index contributed by atoms with van der Waals surface area (Å²) < 4.78 is 19.3. The maximum absolute atomic E-state index is 13.1. The minimum Gasteiger partial charge on any atom is -0.469 e. The number of hydrogen-bond donors (Lipinski definition) is 1. The van der Waals surface area contributed by atoms with Crippen molar-refractivity contribution >= 4 is 11.9 Å². The molecule has 0 aliphatic carbocycles. The van der Waals surface area contributed by atoms with Crippen LogP contribution in [-0.2, 0) is 9.53 Å². The first-order chi connectivity index (χ1) is 13.5. The van der Waals surface area contributed by atoms with Gasteiger partial charge in [-0.15, -0.1) is 5.10 Å². The molecule has 3 aromatic rings. The second-order valence-corrected chi connectivity index (χ2v) is 6.09. The third-order valence-corrected chi connectivity index (χ3v) is 4.15. The zero-order valence-corrected chi connectivity index (χ0v) is 15.4. The number of rotatable bonds is 6. The van der Waals surface area contributed by atoms with Gasteiger partial charge in [-0.05, 0) is 36.8 Å². The monoisotopic (exact) mass is 382 g/mol. The number of aryl methyl sites for hydroxylation is 1. The SMILES string of the molecule is COC(=O)CC(NC(=O)c1nc(C)n(-c2ccc(F)cc2)n1)c1ccccc1. The Labute approximate surface area is 161 Å². The highest BCUT2D eigenvalue weighted by Gasteiger charge is 2.22. The minimum absolute atomic E-state index is 0.0239. The van der Waals surface area contributed by atoms with Crippen molar-refractivity contribution in [3.8, 4) is 5.69 Å². The van der Waals surface area contributed by atoms with Crippen LogP contribution in [0.2, 0.25) is 0 Å². The van der Waals surface area contributed by atoms with Crippen molar-refractivity contribution in [2.45, 2.75) is 19.4 Å². The summed E-state index contributed by atoms with van der Waals surface area (Å²) in [6.07, 6.45) is -0.0239. The number of nitrogens with zero attached hydrogens (tertiary/aromatic N) is 3. The molecular formula is C20H19FN4O3. The van der Waals surface area contributed by atoms with Crippen molar-refractivity contribution in [1.29, 1.82) is 0 Å². The molecule has 0 spiro atoms. The zero-order chi connectivity index (χ0) is 20.1. The zero-order valence-electron chi connectivity index (χ0n) is 15.4. The fourth-order valence-electron chi connectivity index (χ4n) is 2.72. The van der Waals surface area contributed by atoms with Gasteiger partial charge in [0.1, 0.15) is 11.6 Å². The normalized spacial score (nSPS) is 11.7. The molecular weight excluding hydrogens is 363 g/mol. The molecule has 0 bridgehead atoms. The van der Waals surface area contributed by atoms with Crippen LogP contribution in [0.4, 0.5) is 4.39 Å². The molecule has 144 valence electrons. The van der Waals surface area contributed by atoms with Gasteiger partial charge in [0.05, 0.1) is 25.3 Å². The van der Waals surface area contributed by atoms with Crippen LogP contribution in [0.25, 0.3) is 5.69 Å². The molecule has 0 saturated heterocycles. The van der Waals surface area contributed by atoms with Crippen molar-refractivity contribution in [1.82, 2.24) is 20.1 Å². The highest BCUT2D eigenvalue weighted by Crippen LogP contribution is 2.18. The van der Waals surface area contributed by atoms with Crippen LogP contribution in [-0.4, -0.2) is 33.8 Å². The largest absolute Gasteiger partial charge is 0.469 e. The van der Waals surface area contributed by atoms with Gasteiger partial charge in [0, 0.05) is 0 Å². The van der Waals surface area contributed by atoms with Crippen LogP contribution in [0.15, 0.2) is 54.6 Å². The Balaban J connectivity index is 1.83. The molecule has 7 nitrogen and oxygen atoms in total. The van der Waals surface area contributed by atoms with Crippen molar-refractivity contribution in [3.05, 3.63) is 77.6 Å². The standard InChI is InChI=1S/C20H19FN4O3/c1-13-22-19(24-25(13)16-10-8-15(21)9-11-16)20(27)23-17(12-18(26)28-2)14-6-4-3-5-7-14/h3-11,17H,12H2,1-2H3,(H,23,27). The molecule has 1 N–H and O–H groups in total. The van der Waals surface area contributed by atoms with E-state index in [0.29, 0.717) is 11.5 Å². The molecule has 0 aliphatic rings. The van der Waals surface area contributed by atoms with Gasteiger partial charge in [0.25, 0.3) is 5.91 Å². The number of amides is 1. The highest BCUT2D eigenvalue weighted by atomic mass is 19.1. The van der Waals surface area contributed by atoms with E-state index in [4.69, 9.17) is 4.74 Å². The summed E-state index contributed by atoms with van der Waals surface area (Å²) >= 11 is 0. The minimum atomic E-state index is -0.584. The molecule has 0 saturated carbocycles. The topological polar surface area (TPSA) is 86.1 Å². The van der Waals surface area contributed by atoms with Gasteiger partial charge in [0.15, 0.2) is 0 Å². The van der Waals surface area contributed by atoms with Crippen molar-refractivity contribution in [3.63, 3.8) is 0 Å². The molecule has 1 amide bonds. The Bertz CT molecular complexity index is 971. The molecule has 1 atom stereocenters. The summed E-state index contributed by atoms with van der Waals surface area (Å²) in [5.41, 5.74) is 1.34. The van der Waals surface area contributed by atoms with E-state index in [1.807, 2.05) is 30.3 Å². The molecule has 3 rings (SSSR count). The van der Waals surface area contributed by atoms with Crippen molar-refractivity contribution in [2.24, 2.45) is 0 Å². The number of carbonyl (C=O) groups is 2. The van der Waals surface area contributed by atoms with Crippen LogP contribution >= 0.6 is 0 Å². The van der Waals surface area contributed by atoms with E-state index in [-0.39, 0.29) is 18.1 Å². The summed E-state index contributed by atoms with van der Waals surface area (Å²) in [4.78, 5) is 28.6. The number of carbonyl (C=O) groups excluding carboxylic acids is 2. The lowest BCUT2D eigenvalue weighted by atomic mass is 10.0. The number of halogens is 1. The number of hydrogen-bond acceptors (Lipinski definition) is 5. The van der Waals surface area contributed by atoms with Gasteiger partial charge in [-0.1, -0.05) is 30.3 Å². The van der Waals surface area contributed by atoms with E-state index in [1.165, 1.54) is 23.9 Å². The average Bonchev–Trinajstić information content (AvgIpc) is 3.10. The number of nitrogens with one attached hydrogen (secondary N) is 1. The summed E-state index contributed by atoms with van der Waals surface area (Å²) in [6, 6.07) is 14.2. The van der Waals surface area contributed by atoms with E-state index in [0.717, 1.165) is 5.56 Å². The Morgan fingerprint density at radius 2 is 1.82 bits per heavy atom. The van der Waals surface area contributed by atoms with E-state index in [2.05, 4.69) is 15.4 Å². The highest BCUT2D eigenvalue weighted by molar-refractivity contribution is 5.91. The van der Waals surface area contributed by atoms with Gasteiger partial charge < -0.3 is 10.1 Å². The van der Waals surface area contributed by atoms with Gasteiger partial charge in [-0.3, -0.25) is 9.59 Å².